The Kier molecular flexibility index (Phi) is 4.43. The van der Waals surface area contributed by atoms with E-state index in [4.69, 9.17) is 4.42 Å². The van der Waals surface area contributed by atoms with E-state index in [1.54, 1.807) is 24.0 Å². The summed E-state index contributed by atoms with van der Waals surface area (Å²) in [5, 5.41) is 9.60. The first-order valence-electron chi connectivity index (χ1n) is 7.69. The van der Waals surface area contributed by atoms with Gasteiger partial charge in [-0.2, -0.15) is 0 Å². The van der Waals surface area contributed by atoms with Gasteiger partial charge < -0.3 is 14.4 Å². The van der Waals surface area contributed by atoms with Crippen molar-refractivity contribution in [3.05, 3.63) is 42.0 Å². The molecule has 1 aromatic heterocycles. The number of amides is 1. The molecule has 5 nitrogen and oxygen atoms in total. The van der Waals surface area contributed by atoms with Crippen molar-refractivity contribution >= 4 is 5.91 Å². The van der Waals surface area contributed by atoms with Gasteiger partial charge in [0.2, 0.25) is 11.8 Å². The minimum Gasteiger partial charge on any atom is -0.444 e. The quantitative estimate of drug-likeness (QED) is 0.939. The van der Waals surface area contributed by atoms with E-state index in [0.29, 0.717) is 30.2 Å². The Morgan fingerprint density at radius 1 is 1.48 bits per heavy atom. The number of rotatable bonds is 4. The van der Waals surface area contributed by atoms with Crippen molar-refractivity contribution in [2.45, 2.75) is 25.9 Å². The van der Waals surface area contributed by atoms with Crippen LogP contribution in [0.2, 0.25) is 0 Å². The number of aromatic nitrogens is 1. The first-order valence-corrected chi connectivity index (χ1v) is 7.69. The molecule has 0 aliphatic carbocycles. The third-order valence-electron chi connectivity index (χ3n) is 4.23. The number of benzene rings is 1. The van der Waals surface area contributed by atoms with Gasteiger partial charge in [-0.05, 0) is 37.6 Å². The van der Waals surface area contributed by atoms with Gasteiger partial charge in [-0.1, -0.05) is 0 Å². The van der Waals surface area contributed by atoms with Gasteiger partial charge in [0.1, 0.15) is 12.1 Å². The van der Waals surface area contributed by atoms with Gasteiger partial charge in [-0.15, -0.1) is 0 Å². The molecule has 3 rings (SSSR count). The molecule has 1 N–H and O–H groups in total. The number of nitrogens with zero attached hydrogens (tertiary/aromatic N) is 2. The third kappa shape index (κ3) is 3.59. The summed E-state index contributed by atoms with van der Waals surface area (Å²) in [5.41, 5.74) is 1.22. The van der Waals surface area contributed by atoms with E-state index < -0.39 is 6.10 Å². The predicted molar refractivity (Wildman–Crippen MR) is 82.0 cm³/mol. The van der Waals surface area contributed by atoms with E-state index in [9.17, 15) is 14.3 Å². The van der Waals surface area contributed by atoms with Crippen LogP contribution < -0.4 is 0 Å². The number of aliphatic hydroxyl groups is 1. The normalized spacial score (nSPS) is 19.1. The van der Waals surface area contributed by atoms with Gasteiger partial charge in [-0.25, -0.2) is 9.37 Å². The lowest BCUT2D eigenvalue weighted by molar-refractivity contribution is -0.129. The van der Waals surface area contributed by atoms with Gasteiger partial charge in [0.05, 0.1) is 18.2 Å². The molecule has 0 spiro atoms. The second-order valence-corrected chi connectivity index (χ2v) is 5.96. The van der Waals surface area contributed by atoms with Crippen LogP contribution in [0.1, 0.15) is 19.0 Å². The summed E-state index contributed by atoms with van der Waals surface area (Å²) in [6.07, 6.45) is 2.05. The lowest BCUT2D eigenvalue weighted by Crippen LogP contribution is -2.31. The largest absolute Gasteiger partial charge is 0.444 e. The average molecular weight is 318 g/mol. The van der Waals surface area contributed by atoms with Crippen molar-refractivity contribution in [1.29, 1.82) is 0 Å². The van der Waals surface area contributed by atoms with Crippen molar-refractivity contribution < 1.29 is 18.7 Å². The fourth-order valence-electron chi connectivity index (χ4n) is 2.79. The highest BCUT2D eigenvalue weighted by Crippen LogP contribution is 2.22. The molecule has 1 aromatic carbocycles. The van der Waals surface area contributed by atoms with Crippen LogP contribution in [0.5, 0.6) is 0 Å². The molecule has 0 radical (unpaired) electrons. The van der Waals surface area contributed by atoms with Crippen LogP contribution in [0.3, 0.4) is 0 Å². The van der Waals surface area contributed by atoms with Gasteiger partial charge in [0, 0.05) is 24.6 Å². The zero-order valence-corrected chi connectivity index (χ0v) is 12.9. The van der Waals surface area contributed by atoms with Crippen LogP contribution >= 0.6 is 0 Å². The van der Waals surface area contributed by atoms with Gasteiger partial charge in [-0.3, -0.25) is 4.79 Å². The molecule has 23 heavy (non-hydrogen) atoms. The molecule has 2 heterocycles. The molecule has 2 aromatic rings. The molecule has 6 heteroatoms. The van der Waals surface area contributed by atoms with E-state index in [-0.39, 0.29) is 24.1 Å². The van der Waals surface area contributed by atoms with Crippen molar-refractivity contribution in [3.8, 4) is 11.5 Å². The summed E-state index contributed by atoms with van der Waals surface area (Å²) >= 11 is 0. The maximum atomic E-state index is 12.9. The summed E-state index contributed by atoms with van der Waals surface area (Å²) in [4.78, 5) is 18.3. The number of hydrogen-bond donors (Lipinski definition) is 1. The van der Waals surface area contributed by atoms with Gasteiger partial charge in [0.15, 0.2) is 0 Å². The lowest BCUT2D eigenvalue weighted by atomic mass is 10.0. The minimum absolute atomic E-state index is 0.0212. The number of oxazole rings is 1. The Labute approximate surface area is 133 Å². The molecule has 0 saturated carbocycles. The van der Waals surface area contributed by atoms with Crippen molar-refractivity contribution in [2.24, 2.45) is 5.92 Å². The molecule has 2 unspecified atom stereocenters. The van der Waals surface area contributed by atoms with Crippen molar-refractivity contribution in [2.75, 3.05) is 13.1 Å². The topological polar surface area (TPSA) is 66.6 Å². The Balaban J connectivity index is 1.63. The van der Waals surface area contributed by atoms with Crippen molar-refractivity contribution in [3.63, 3.8) is 0 Å². The van der Waals surface area contributed by atoms with E-state index in [2.05, 4.69) is 4.98 Å². The molecular weight excluding hydrogens is 299 g/mol. The Morgan fingerprint density at radius 2 is 2.22 bits per heavy atom. The second-order valence-electron chi connectivity index (χ2n) is 5.96. The monoisotopic (exact) mass is 318 g/mol. The Hall–Kier alpha value is -2.21. The molecule has 122 valence electrons. The van der Waals surface area contributed by atoms with E-state index in [1.165, 1.54) is 18.4 Å². The highest BCUT2D eigenvalue weighted by molar-refractivity contribution is 5.78. The Morgan fingerprint density at radius 3 is 2.87 bits per heavy atom. The third-order valence-corrected chi connectivity index (χ3v) is 4.23. The Bertz CT molecular complexity index is 681. The van der Waals surface area contributed by atoms with Crippen LogP contribution in [0.15, 0.2) is 34.9 Å². The van der Waals surface area contributed by atoms with Crippen LogP contribution in [0.4, 0.5) is 4.39 Å². The summed E-state index contributed by atoms with van der Waals surface area (Å²) in [6.45, 7) is 3.00. The molecular formula is C17H19FN2O3. The van der Waals surface area contributed by atoms with E-state index in [1.807, 2.05) is 0 Å². The molecule has 1 amide bonds. The number of hydrogen-bond acceptors (Lipinski definition) is 4. The molecule has 1 aliphatic heterocycles. The zero-order valence-electron chi connectivity index (χ0n) is 12.9. The summed E-state index contributed by atoms with van der Waals surface area (Å²) in [7, 11) is 0. The average Bonchev–Trinajstić information content (AvgIpc) is 3.17. The zero-order chi connectivity index (χ0) is 16.4. The van der Waals surface area contributed by atoms with Crippen LogP contribution in [-0.2, 0) is 11.2 Å². The van der Waals surface area contributed by atoms with E-state index in [0.717, 1.165) is 6.42 Å². The maximum absolute atomic E-state index is 12.9. The fourth-order valence-corrected chi connectivity index (χ4v) is 2.79. The van der Waals surface area contributed by atoms with Crippen LogP contribution in [0.25, 0.3) is 11.5 Å². The highest BCUT2D eigenvalue weighted by atomic mass is 19.1. The first-order chi connectivity index (χ1) is 11.0. The van der Waals surface area contributed by atoms with E-state index >= 15 is 0 Å². The molecule has 1 saturated heterocycles. The van der Waals surface area contributed by atoms with Gasteiger partial charge in [0.25, 0.3) is 0 Å². The SMILES string of the molecule is CC(O)C1CCN(C(=O)Cc2coc(-c3ccc(F)cc3)n2)C1. The number of halogens is 1. The maximum Gasteiger partial charge on any atom is 0.228 e. The number of aliphatic hydroxyl groups excluding tert-OH is 1. The van der Waals surface area contributed by atoms with Crippen LogP contribution in [-0.4, -0.2) is 40.1 Å². The first kappa shape index (κ1) is 15.7. The van der Waals surface area contributed by atoms with Gasteiger partial charge >= 0.3 is 0 Å². The minimum atomic E-state index is -0.398. The lowest BCUT2D eigenvalue weighted by Gasteiger charge is -2.17. The molecule has 1 fully saturated rings. The van der Waals surface area contributed by atoms with Crippen LogP contribution in [0, 0.1) is 11.7 Å². The fraction of sp³-hybridized carbons (Fsp3) is 0.412. The summed E-state index contributed by atoms with van der Waals surface area (Å²) in [5.74, 6) is 0.173. The predicted octanol–water partition coefficient (Wildman–Crippen LogP) is 2.25. The standard InChI is InChI=1S/C17H19FN2O3/c1-11(21)13-6-7-20(9-13)16(22)8-15-10-23-17(19-15)12-2-4-14(18)5-3-12/h2-5,10-11,13,21H,6-9H2,1H3. The second kappa shape index (κ2) is 6.50. The molecule has 0 bridgehead atoms. The summed E-state index contributed by atoms with van der Waals surface area (Å²) in [6, 6.07) is 5.84. The number of carbonyl (C=O) groups excluding carboxylic acids is 1. The highest BCUT2D eigenvalue weighted by Gasteiger charge is 2.29. The van der Waals surface area contributed by atoms with Crippen molar-refractivity contribution in [1.82, 2.24) is 9.88 Å². The smallest absolute Gasteiger partial charge is 0.228 e. The number of likely N-dealkylation sites (tertiary alicyclic amines) is 1. The molecule has 2 atom stereocenters. The summed E-state index contributed by atoms with van der Waals surface area (Å²) < 4.78 is 18.3. The molecule has 1 aliphatic rings. The number of carbonyl (C=O) groups is 1.